The fraction of sp³-hybridized carbons (Fsp3) is 0.727. The number of phosphoric acid groups is 1. The Bertz CT molecular complexity index is 1090. The number of hydrogen-bond donors (Lipinski definition) is 3. The topological polar surface area (TPSA) is 140 Å². The molecule has 0 bridgehead atoms. The Morgan fingerprint density at radius 1 is 0.611 bits per heavy atom. The lowest BCUT2D eigenvalue weighted by atomic mass is 9.99. The first-order valence-corrected chi connectivity index (χ1v) is 22.6. The van der Waals surface area contributed by atoms with Crippen molar-refractivity contribution in [3.63, 3.8) is 0 Å². The van der Waals surface area contributed by atoms with Crippen molar-refractivity contribution in [1.29, 1.82) is 0 Å². The smallest absolute Gasteiger partial charge is 0.462 e. The third-order valence-electron chi connectivity index (χ3n) is 9.20. The summed E-state index contributed by atoms with van der Waals surface area (Å²) in [5.41, 5.74) is 0. The average Bonchev–Trinajstić information content (AvgIpc) is 3.13. The highest BCUT2D eigenvalue weighted by atomic mass is 31.2. The van der Waals surface area contributed by atoms with Crippen LogP contribution in [-0.4, -0.2) is 52.3 Å². The van der Waals surface area contributed by atoms with E-state index in [-0.39, 0.29) is 19.4 Å². The van der Waals surface area contributed by atoms with Gasteiger partial charge in [0.15, 0.2) is 6.10 Å². The van der Waals surface area contributed by atoms with E-state index < -0.39 is 38.6 Å². The van der Waals surface area contributed by atoms with Crippen LogP contribution in [0.2, 0.25) is 0 Å². The second-order valence-corrected chi connectivity index (χ2v) is 15.6. The molecule has 0 radical (unpaired) electrons. The van der Waals surface area contributed by atoms with E-state index in [9.17, 15) is 19.3 Å². The van der Waals surface area contributed by atoms with Crippen LogP contribution >= 0.6 is 7.82 Å². The number of allylic oxidation sites excluding steroid dienone is 9. The summed E-state index contributed by atoms with van der Waals surface area (Å²) in [7, 11) is -4.80. The molecule has 3 N–H and O–H groups in total. The SMILES string of the molecule is CC/C=C\C/C=C\C/C=C\C/C=C\C=C\C(O)CCCC(=O)OC[C@H](COP(=O)(O)O)OC(=O)CCCCCCCCCCCCCCCCC(C)CC. The number of phosphoric ester groups is 1. The average molecular weight is 781 g/mol. The molecule has 0 rings (SSSR count). The zero-order valence-electron chi connectivity index (χ0n) is 34.1. The van der Waals surface area contributed by atoms with E-state index >= 15 is 0 Å². The molecule has 0 aliphatic rings. The van der Waals surface area contributed by atoms with Crippen LogP contribution in [0, 0.1) is 5.92 Å². The lowest BCUT2D eigenvalue weighted by Crippen LogP contribution is -2.29. The summed E-state index contributed by atoms with van der Waals surface area (Å²) in [4.78, 5) is 42.9. The van der Waals surface area contributed by atoms with Gasteiger partial charge >= 0.3 is 19.8 Å². The molecule has 0 saturated carbocycles. The molecule has 0 fully saturated rings. The van der Waals surface area contributed by atoms with Crippen molar-refractivity contribution < 1.29 is 43.0 Å². The van der Waals surface area contributed by atoms with Gasteiger partial charge in [-0.15, -0.1) is 0 Å². The Morgan fingerprint density at radius 3 is 1.65 bits per heavy atom. The summed E-state index contributed by atoms with van der Waals surface area (Å²) in [6.45, 7) is 5.77. The molecule has 312 valence electrons. The number of esters is 2. The Morgan fingerprint density at radius 2 is 1.11 bits per heavy atom. The molecule has 0 saturated heterocycles. The van der Waals surface area contributed by atoms with Crippen molar-refractivity contribution in [3.8, 4) is 0 Å². The number of unbranched alkanes of at least 4 members (excludes halogenated alkanes) is 13. The van der Waals surface area contributed by atoms with Crippen LogP contribution in [0.25, 0.3) is 0 Å². The number of hydrogen-bond acceptors (Lipinski definition) is 7. The van der Waals surface area contributed by atoms with Gasteiger partial charge in [0.25, 0.3) is 0 Å². The third kappa shape index (κ3) is 39.4. The second kappa shape index (κ2) is 37.6. The third-order valence-corrected chi connectivity index (χ3v) is 9.68. The predicted octanol–water partition coefficient (Wildman–Crippen LogP) is 11.7. The molecular formula is C44H77O9P. The van der Waals surface area contributed by atoms with E-state index in [2.05, 4.69) is 61.8 Å². The molecule has 0 aromatic heterocycles. The minimum Gasteiger partial charge on any atom is -0.462 e. The van der Waals surface area contributed by atoms with Gasteiger partial charge in [-0.2, -0.15) is 0 Å². The van der Waals surface area contributed by atoms with Crippen LogP contribution in [0.3, 0.4) is 0 Å². The first-order valence-electron chi connectivity index (χ1n) is 21.1. The van der Waals surface area contributed by atoms with Crippen LogP contribution in [-0.2, 0) is 28.2 Å². The molecule has 3 atom stereocenters. The van der Waals surface area contributed by atoms with Crippen molar-refractivity contribution in [2.75, 3.05) is 13.2 Å². The van der Waals surface area contributed by atoms with E-state index in [1.807, 2.05) is 12.2 Å². The van der Waals surface area contributed by atoms with E-state index in [1.54, 1.807) is 12.2 Å². The second-order valence-electron chi connectivity index (χ2n) is 14.4. The first-order chi connectivity index (χ1) is 26.1. The standard InChI is InChI=1S/C44H77O9P/c1-4-6-7-8-9-10-11-14-18-21-24-27-30-34-41(45)35-32-37-43(46)51-38-42(39-52-54(48,49)50)53-44(47)36-31-28-25-22-19-16-13-12-15-17-20-23-26-29-33-40(3)5-2/h6-7,9-10,14,18,24,27,30,34,40-42,45H,4-5,8,11-13,15-17,19-23,25-26,28-29,31-33,35-39H2,1-3H3,(H2,48,49,50)/b7-6-,10-9-,18-14-,27-24-,34-30+/t40?,41?,42-/m1/s1. The summed E-state index contributed by atoms with van der Waals surface area (Å²) >= 11 is 0. The number of carbonyl (C=O) groups excluding carboxylic acids is 2. The number of aliphatic hydroxyl groups is 1. The maximum Gasteiger partial charge on any atom is 0.469 e. The van der Waals surface area contributed by atoms with Gasteiger partial charge in [-0.3, -0.25) is 14.1 Å². The number of aliphatic hydroxyl groups excluding tert-OH is 1. The Hall–Kier alpha value is -2.29. The highest BCUT2D eigenvalue weighted by Gasteiger charge is 2.23. The van der Waals surface area contributed by atoms with Gasteiger partial charge in [0.05, 0.1) is 12.7 Å². The van der Waals surface area contributed by atoms with Crippen molar-refractivity contribution in [2.45, 2.75) is 187 Å². The molecule has 0 aromatic rings. The van der Waals surface area contributed by atoms with Crippen molar-refractivity contribution in [1.82, 2.24) is 0 Å². The van der Waals surface area contributed by atoms with Crippen LogP contribution in [0.4, 0.5) is 0 Å². The minimum atomic E-state index is -4.80. The van der Waals surface area contributed by atoms with Crippen LogP contribution in [0.15, 0.2) is 60.8 Å². The molecule has 10 heteroatoms. The van der Waals surface area contributed by atoms with E-state index in [1.165, 1.54) is 77.0 Å². The van der Waals surface area contributed by atoms with Gasteiger partial charge < -0.3 is 24.4 Å². The van der Waals surface area contributed by atoms with Crippen LogP contribution in [0.5, 0.6) is 0 Å². The fourth-order valence-corrected chi connectivity index (χ4v) is 6.03. The molecule has 0 heterocycles. The van der Waals surface area contributed by atoms with E-state index in [0.29, 0.717) is 19.3 Å². The number of carbonyl (C=O) groups is 2. The van der Waals surface area contributed by atoms with Gasteiger partial charge in [-0.25, -0.2) is 4.57 Å². The fourth-order valence-electron chi connectivity index (χ4n) is 5.67. The molecule has 0 aliphatic heterocycles. The van der Waals surface area contributed by atoms with E-state index in [4.69, 9.17) is 19.3 Å². The largest absolute Gasteiger partial charge is 0.469 e. The zero-order chi connectivity index (χ0) is 40.0. The van der Waals surface area contributed by atoms with Crippen molar-refractivity contribution in [3.05, 3.63) is 60.8 Å². The lowest BCUT2D eigenvalue weighted by molar-refractivity contribution is -0.161. The van der Waals surface area contributed by atoms with Crippen LogP contribution < -0.4 is 0 Å². The first kappa shape index (κ1) is 51.7. The van der Waals surface area contributed by atoms with Gasteiger partial charge in [-0.1, -0.05) is 178 Å². The number of ether oxygens (including phenoxy) is 2. The number of rotatable bonds is 37. The molecule has 0 aliphatic carbocycles. The highest BCUT2D eigenvalue weighted by Crippen LogP contribution is 2.36. The molecule has 0 spiro atoms. The Kier molecular flexibility index (Phi) is 36.0. The predicted molar refractivity (Wildman–Crippen MR) is 222 cm³/mol. The highest BCUT2D eigenvalue weighted by molar-refractivity contribution is 7.46. The van der Waals surface area contributed by atoms with Crippen molar-refractivity contribution >= 4 is 19.8 Å². The summed E-state index contributed by atoms with van der Waals surface area (Å²) in [5, 5.41) is 10.2. The van der Waals surface area contributed by atoms with Crippen LogP contribution in [0.1, 0.15) is 175 Å². The minimum absolute atomic E-state index is 0.0353. The van der Waals surface area contributed by atoms with Gasteiger partial charge in [-0.05, 0) is 50.9 Å². The maximum absolute atomic E-state index is 12.4. The van der Waals surface area contributed by atoms with Gasteiger partial charge in [0.2, 0.25) is 0 Å². The monoisotopic (exact) mass is 781 g/mol. The van der Waals surface area contributed by atoms with E-state index in [0.717, 1.165) is 50.9 Å². The van der Waals surface area contributed by atoms with Gasteiger partial charge in [0, 0.05) is 12.8 Å². The quantitative estimate of drug-likeness (QED) is 0.0185. The molecule has 0 aromatic carbocycles. The summed E-state index contributed by atoms with van der Waals surface area (Å²) in [6.07, 6.45) is 42.6. The molecular weight excluding hydrogens is 703 g/mol. The summed E-state index contributed by atoms with van der Waals surface area (Å²) in [5.74, 6) is -0.217. The van der Waals surface area contributed by atoms with Crippen molar-refractivity contribution in [2.24, 2.45) is 5.92 Å². The molecule has 2 unspecified atom stereocenters. The Labute approximate surface area is 329 Å². The lowest BCUT2D eigenvalue weighted by Gasteiger charge is -2.18. The molecule has 0 amide bonds. The van der Waals surface area contributed by atoms with Gasteiger partial charge in [0.1, 0.15) is 6.61 Å². The molecule has 54 heavy (non-hydrogen) atoms. The molecule has 9 nitrogen and oxygen atoms in total. The maximum atomic E-state index is 12.4. The Balaban J connectivity index is 4.10. The normalized spacial score (nSPS) is 14.3. The summed E-state index contributed by atoms with van der Waals surface area (Å²) < 4.78 is 26.3. The summed E-state index contributed by atoms with van der Waals surface area (Å²) in [6, 6.07) is 0. The zero-order valence-corrected chi connectivity index (χ0v) is 35.0.